The highest BCUT2D eigenvalue weighted by atomic mass is 16.5. The Morgan fingerprint density at radius 3 is 2.00 bits per heavy atom. The van der Waals surface area contributed by atoms with E-state index in [9.17, 15) is 0 Å². The van der Waals surface area contributed by atoms with Gasteiger partial charge in [0.15, 0.2) is 0 Å². The molecule has 0 fully saturated rings. The first-order chi connectivity index (χ1) is 4.04. The minimum Gasteiger partial charge on any atom is -0.381 e. The van der Waals surface area contributed by atoms with E-state index in [1.54, 1.807) is 7.11 Å². The van der Waals surface area contributed by atoms with E-state index in [4.69, 9.17) is 4.74 Å². The largest absolute Gasteiger partial charge is 0.381 e. The summed E-state index contributed by atoms with van der Waals surface area (Å²) < 4.78 is 5.21. The Morgan fingerprint density at radius 1 is 1.44 bits per heavy atom. The van der Waals surface area contributed by atoms with Crippen LogP contribution in [-0.2, 0) is 4.74 Å². The summed E-state index contributed by atoms with van der Waals surface area (Å²) in [6, 6.07) is 0. The molecule has 0 aliphatic rings. The third-order valence-electron chi connectivity index (χ3n) is 2.37. The Kier molecular flexibility index (Phi) is 3.20. The van der Waals surface area contributed by atoms with Gasteiger partial charge in [-0.2, -0.15) is 0 Å². The fraction of sp³-hybridized carbons (Fsp3) is 1.00. The van der Waals surface area contributed by atoms with Crippen LogP contribution in [0.15, 0.2) is 0 Å². The van der Waals surface area contributed by atoms with Crippen LogP contribution in [0, 0.1) is 5.41 Å². The van der Waals surface area contributed by atoms with Crippen LogP contribution < -0.4 is 0 Å². The first-order valence-corrected chi connectivity index (χ1v) is 3.57. The summed E-state index contributed by atoms with van der Waals surface area (Å²) in [5.74, 6) is 0. The van der Waals surface area contributed by atoms with E-state index in [0.717, 1.165) is 0 Å². The second-order valence-electron chi connectivity index (χ2n) is 3.22. The highest BCUT2D eigenvalue weighted by molar-refractivity contribution is 4.72. The van der Waals surface area contributed by atoms with Gasteiger partial charge >= 0.3 is 0 Å². The molecule has 1 nitrogen and oxygen atoms in total. The van der Waals surface area contributed by atoms with Gasteiger partial charge in [-0.25, -0.2) is 0 Å². The molecule has 1 atom stereocenters. The summed E-state index contributed by atoms with van der Waals surface area (Å²) in [5, 5.41) is 0. The molecule has 0 aromatic rings. The Balaban J connectivity index is 3.80. The molecule has 0 N–H and O–H groups in total. The van der Waals surface area contributed by atoms with Gasteiger partial charge in [0.1, 0.15) is 0 Å². The zero-order chi connectivity index (χ0) is 7.49. The van der Waals surface area contributed by atoms with Crippen LogP contribution in [0.5, 0.6) is 0 Å². The maximum absolute atomic E-state index is 5.21. The molecule has 0 saturated heterocycles. The number of rotatable bonds is 3. The molecule has 0 unspecified atom stereocenters. The van der Waals surface area contributed by atoms with Gasteiger partial charge in [-0.3, -0.25) is 0 Å². The maximum Gasteiger partial charge on any atom is 0.0594 e. The second kappa shape index (κ2) is 3.21. The van der Waals surface area contributed by atoms with Gasteiger partial charge in [0.25, 0.3) is 0 Å². The van der Waals surface area contributed by atoms with E-state index in [-0.39, 0.29) is 0 Å². The highest BCUT2D eigenvalue weighted by Gasteiger charge is 2.22. The summed E-state index contributed by atoms with van der Waals surface area (Å²) in [4.78, 5) is 0. The standard InChI is InChI=1S/C8H18O/c1-6-8(3,4)7(2)9-5/h7H,6H2,1-5H3/t7-/m1/s1. The number of methoxy groups -OCH3 is 1. The summed E-state index contributed by atoms with van der Waals surface area (Å²) in [7, 11) is 1.77. The highest BCUT2D eigenvalue weighted by Crippen LogP contribution is 2.25. The van der Waals surface area contributed by atoms with Crippen molar-refractivity contribution in [1.29, 1.82) is 0 Å². The first kappa shape index (κ1) is 8.96. The Morgan fingerprint density at radius 2 is 1.89 bits per heavy atom. The number of ether oxygens (including phenoxy) is 1. The van der Waals surface area contributed by atoms with Crippen molar-refractivity contribution >= 4 is 0 Å². The minimum absolute atomic E-state index is 0.328. The molecular formula is C8H18O. The van der Waals surface area contributed by atoms with Crippen molar-refractivity contribution in [3.8, 4) is 0 Å². The maximum atomic E-state index is 5.21. The SMILES string of the molecule is CCC(C)(C)[C@@H](C)OC. The Hall–Kier alpha value is -0.0400. The van der Waals surface area contributed by atoms with Gasteiger partial charge in [0.2, 0.25) is 0 Å². The Bertz CT molecular complexity index is 76.6. The van der Waals surface area contributed by atoms with E-state index in [2.05, 4.69) is 27.7 Å². The van der Waals surface area contributed by atoms with E-state index in [0.29, 0.717) is 11.5 Å². The van der Waals surface area contributed by atoms with Crippen molar-refractivity contribution in [2.24, 2.45) is 5.41 Å². The van der Waals surface area contributed by atoms with Crippen molar-refractivity contribution in [2.45, 2.75) is 40.2 Å². The molecule has 56 valence electrons. The second-order valence-corrected chi connectivity index (χ2v) is 3.22. The van der Waals surface area contributed by atoms with Gasteiger partial charge in [0, 0.05) is 7.11 Å². The average molecular weight is 130 g/mol. The fourth-order valence-corrected chi connectivity index (χ4v) is 0.606. The lowest BCUT2D eigenvalue weighted by molar-refractivity contribution is 0.0189. The minimum atomic E-state index is 0.328. The zero-order valence-corrected chi connectivity index (χ0v) is 7.19. The van der Waals surface area contributed by atoms with Crippen molar-refractivity contribution in [3.05, 3.63) is 0 Å². The molecule has 1 heteroatoms. The smallest absolute Gasteiger partial charge is 0.0594 e. The van der Waals surface area contributed by atoms with E-state index < -0.39 is 0 Å². The van der Waals surface area contributed by atoms with Gasteiger partial charge in [0.05, 0.1) is 6.10 Å². The van der Waals surface area contributed by atoms with E-state index >= 15 is 0 Å². The molecule has 9 heavy (non-hydrogen) atoms. The van der Waals surface area contributed by atoms with Crippen LogP contribution >= 0.6 is 0 Å². The summed E-state index contributed by atoms with van der Waals surface area (Å²) in [6.07, 6.45) is 1.53. The van der Waals surface area contributed by atoms with Crippen molar-refractivity contribution in [2.75, 3.05) is 7.11 Å². The van der Waals surface area contributed by atoms with Gasteiger partial charge in [-0.15, -0.1) is 0 Å². The Labute approximate surface area is 58.4 Å². The fourth-order valence-electron chi connectivity index (χ4n) is 0.606. The lowest BCUT2D eigenvalue weighted by Crippen LogP contribution is -2.27. The quantitative estimate of drug-likeness (QED) is 0.570. The summed E-state index contributed by atoms with van der Waals surface area (Å²) >= 11 is 0. The molecule has 0 radical (unpaired) electrons. The normalized spacial score (nSPS) is 15.7. The van der Waals surface area contributed by atoms with Crippen LogP contribution in [0.2, 0.25) is 0 Å². The molecule has 0 aliphatic heterocycles. The summed E-state index contributed by atoms with van der Waals surface area (Å²) in [6.45, 7) is 8.75. The summed E-state index contributed by atoms with van der Waals surface area (Å²) in [5.41, 5.74) is 0.328. The molecule has 0 saturated carbocycles. The number of hydrogen-bond donors (Lipinski definition) is 0. The molecule has 0 spiro atoms. The molecular weight excluding hydrogens is 112 g/mol. The molecule has 0 aromatic carbocycles. The predicted octanol–water partition coefficient (Wildman–Crippen LogP) is 2.46. The van der Waals surface area contributed by atoms with Crippen molar-refractivity contribution < 1.29 is 4.74 Å². The molecule has 0 aromatic heterocycles. The van der Waals surface area contributed by atoms with Gasteiger partial charge < -0.3 is 4.74 Å². The third kappa shape index (κ3) is 2.35. The van der Waals surface area contributed by atoms with Crippen LogP contribution in [-0.4, -0.2) is 13.2 Å². The molecule has 0 rings (SSSR count). The van der Waals surface area contributed by atoms with E-state index in [1.165, 1.54) is 6.42 Å². The van der Waals surface area contributed by atoms with Crippen LogP contribution in [0.25, 0.3) is 0 Å². The van der Waals surface area contributed by atoms with Gasteiger partial charge in [-0.05, 0) is 18.8 Å². The van der Waals surface area contributed by atoms with Crippen LogP contribution in [0.3, 0.4) is 0 Å². The van der Waals surface area contributed by atoms with Gasteiger partial charge in [-0.1, -0.05) is 20.8 Å². The molecule has 0 aliphatic carbocycles. The lowest BCUT2D eigenvalue weighted by Gasteiger charge is -2.28. The third-order valence-corrected chi connectivity index (χ3v) is 2.37. The first-order valence-electron chi connectivity index (χ1n) is 3.57. The lowest BCUT2D eigenvalue weighted by atomic mass is 9.85. The van der Waals surface area contributed by atoms with E-state index in [1.807, 2.05) is 0 Å². The molecule has 0 heterocycles. The predicted molar refractivity (Wildman–Crippen MR) is 40.5 cm³/mol. The molecule has 0 bridgehead atoms. The zero-order valence-electron chi connectivity index (χ0n) is 7.19. The van der Waals surface area contributed by atoms with Crippen molar-refractivity contribution in [3.63, 3.8) is 0 Å². The average Bonchev–Trinajstić information content (AvgIpc) is 1.86. The van der Waals surface area contributed by atoms with Crippen LogP contribution in [0.4, 0.5) is 0 Å². The van der Waals surface area contributed by atoms with Crippen LogP contribution in [0.1, 0.15) is 34.1 Å². The topological polar surface area (TPSA) is 9.23 Å². The van der Waals surface area contributed by atoms with Crippen molar-refractivity contribution in [1.82, 2.24) is 0 Å². The monoisotopic (exact) mass is 130 g/mol. The number of hydrogen-bond acceptors (Lipinski definition) is 1. The molecule has 0 amide bonds.